The summed E-state index contributed by atoms with van der Waals surface area (Å²) in [5, 5.41) is 0. The lowest BCUT2D eigenvalue weighted by atomic mass is 10.00. The second-order valence-electron chi connectivity index (χ2n) is 5.99. The van der Waals surface area contributed by atoms with Gasteiger partial charge in [0.05, 0.1) is 6.54 Å². The van der Waals surface area contributed by atoms with Crippen molar-refractivity contribution in [2.24, 2.45) is 0 Å². The summed E-state index contributed by atoms with van der Waals surface area (Å²) >= 11 is 0. The molecule has 23 heavy (non-hydrogen) atoms. The average Bonchev–Trinajstić information content (AvgIpc) is 3.05. The number of nitrogens with zero attached hydrogens (tertiary/aromatic N) is 2. The summed E-state index contributed by atoms with van der Waals surface area (Å²) in [5.74, 6) is 0.944. The highest BCUT2D eigenvalue weighted by Gasteiger charge is 2.27. The Morgan fingerprint density at radius 3 is 2.91 bits per heavy atom. The number of hydrogen-bond acceptors (Lipinski definition) is 3. The molecule has 3 rings (SSSR count). The molecule has 0 aromatic carbocycles. The molecule has 1 unspecified atom stereocenters. The zero-order valence-electron chi connectivity index (χ0n) is 13.4. The fraction of sp³-hybridized carbons (Fsp3) is 0.444. The van der Waals surface area contributed by atoms with Gasteiger partial charge >= 0.3 is 0 Å². The molecule has 5 heteroatoms. The normalized spacial score (nSPS) is 18.1. The molecule has 0 N–H and O–H groups in total. The number of carbonyl (C=O) groups is 1. The number of carbonyl (C=O) groups excluding carboxylic acids is 1. The summed E-state index contributed by atoms with van der Waals surface area (Å²) in [6.07, 6.45) is 5.98. The van der Waals surface area contributed by atoms with E-state index in [0.717, 1.165) is 25.8 Å². The van der Waals surface area contributed by atoms with E-state index < -0.39 is 0 Å². The van der Waals surface area contributed by atoms with E-state index in [0.29, 0.717) is 24.1 Å². The molecule has 3 heterocycles. The molecule has 122 valence electrons. The molecule has 1 fully saturated rings. The Labute approximate surface area is 135 Å². The van der Waals surface area contributed by atoms with Crippen LogP contribution in [0.4, 0.5) is 0 Å². The second-order valence-corrected chi connectivity index (χ2v) is 5.99. The molecule has 2 aromatic rings. The zero-order chi connectivity index (χ0) is 16.2. The van der Waals surface area contributed by atoms with Gasteiger partial charge in [0, 0.05) is 24.8 Å². The van der Waals surface area contributed by atoms with E-state index in [-0.39, 0.29) is 11.5 Å². The molecule has 0 saturated carbocycles. The lowest BCUT2D eigenvalue weighted by Crippen LogP contribution is -2.43. The van der Waals surface area contributed by atoms with Gasteiger partial charge in [0.15, 0.2) is 5.76 Å². The van der Waals surface area contributed by atoms with Gasteiger partial charge in [-0.15, -0.1) is 0 Å². The zero-order valence-corrected chi connectivity index (χ0v) is 13.4. The highest BCUT2D eigenvalue weighted by Crippen LogP contribution is 2.22. The van der Waals surface area contributed by atoms with Crippen LogP contribution in [-0.2, 0) is 6.54 Å². The fourth-order valence-electron chi connectivity index (χ4n) is 3.17. The highest BCUT2D eigenvalue weighted by molar-refractivity contribution is 5.91. The van der Waals surface area contributed by atoms with Gasteiger partial charge in [-0.3, -0.25) is 9.59 Å². The number of likely N-dealkylation sites (tertiary alicyclic amines) is 1. The van der Waals surface area contributed by atoms with Crippen LogP contribution in [0.15, 0.2) is 45.7 Å². The van der Waals surface area contributed by atoms with Crippen molar-refractivity contribution in [3.05, 3.63) is 58.4 Å². The van der Waals surface area contributed by atoms with Crippen LogP contribution < -0.4 is 5.56 Å². The second kappa shape index (κ2) is 6.86. The van der Waals surface area contributed by atoms with Crippen LogP contribution in [0.2, 0.25) is 0 Å². The third kappa shape index (κ3) is 3.38. The van der Waals surface area contributed by atoms with E-state index in [2.05, 4.69) is 6.92 Å². The van der Waals surface area contributed by atoms with Crippen LogP contribution in [-0.4, -0.2) is 28.0 Å². The fourth-order valence-corrected chi connectivity index (χ4v) is 3.17. The van der Waals surface area contributed by atoms with Gasteiger partial charge in [-0.25, -0.2) is 0 Å². The molecule has 1 atom stereocenters. The van der Waals surface area contributed by atoms with Crippen LogP contribution >= 0.6 is 0 Å². The Kier molecular flexibility index (Phi) is 4.65. The minimum atomic E-state index is -0.0844. The van der Waals surface area contributed by atoms with Crippen LogP contribution in [0.3, 0.4) is 0 Å². The molecular weight excluding hydrogens is 292 g/mol. The molecule has 5 nitrogen and oxygen atoms in total. The Bertz CT molecular complexity index is 732. The van der Waals surface area contributed by atoms with Gasteiger partial charge < -0.3 is 13.9 Å². The van der Waals surface area contributed by atoms with Crippen molar-refractivity contribution in [1.82, 2.24) is 9.47 Å². The molecule has 0 radical (unpaired) electrons. The Morgan fingerprint density at radius 2 is 2.13 bits per heavy atom. The van der Waals surface area contributed by atoms with Crippen LogP contribution in [0.5, 0.6) is 0 Å². The molecule has 1 aliphatic heterocycles. The standard InChI is InChI=1S/C18H22N2O3/c1-2-14-7-3-6-12-20(14)18(22)16-10-9-15(23-16)13-19-11-5-4-8-17(19)21/h4-5,8-11,14H,2-3,6-7,12-13H2,1H3. The van der Waals surface area contributed by atoms with Crippen molar-refractivity contribution in [3.8, 4) is 0 Å². The van der Waals surface area contributed by atoms with E-state index in [1.54, 1.807) is 35.0 Å². The van der Waals surface area contributed by atoms with Gasteiger partial charge in [0.1, 0.15) is 5.76 Å². The molecule has 0 bridgehead atoms. The van der Waals surface area contributed by atoms with Crippen molar-refractivity contribution in [2.75, 3.05) is 6.54 Å². The van der Waals surface area contributed by atoms with E-state index in [1.807, 2.05) is 4.90 Å². The third-order valence-corrected chi connectivity index (χ3v) is 4.46. The van der Waals surface area contributed by atoms with Crippen LogP contribution in [0.1, 0.15) is 48.9 Å². The lowest BCUT2D eigenvalue weighted by Gasteiger charge is -2.34. The molecular formula is C18H22N2O3. The molecule has 1 aliphatic rings. The molecule has 1 amide bonds. The first-order chi connectivity index (χ1) is 11.2. The summed E-state index contributed by atoms with van der Waals surface area (Å²) in [7, 11) is 0. The minimum absolute atomic E-state index is 0.0387. The van der Waals surface area contributed by atoms with Crippen molar-refractivity contribution in [3.63, 3.8) is 0 Å². The highest BCUT2D eigenvalue weighted by atomic mass is 16.4. The quantitative estimate of drug-likeness (QED) is 0.872. The van der Waals surface area contributed by atoms with Crippen molar-refractivity contribution in [1.29, 1.82) is 0 Å². The number of amides is 1. The first-order valence-corrected chi connectivity index (χ1v) is 8.24. The Balaban J connectivity index is 1.75. The lowest BCUT2D eigenvalue weighted by molar-refractivity contribution is 0.0573. The average molecular weight is 314 g/mol. The van der Waals surface area contributed by atoms with Gasteiger partial charge in [0.25, 0.3) is 11.5 Å². The first kappa shape index (κ1) is 15.6. The summed E-state index contributed by atoms with van der Waals surface area (Å²) in [6.45, 7) is 3.25. The molecule has 0 spiro atoms. The summed E-state index contributed by atoms with van der Waals surface area (Å²) in [6, 6.07) is 8.81. The van der Waals surface area contributed by atoms with Crippen molar-refractivity contribution < 1.29 is 9.21 Å². The maximum absolute atomic E-state index is 12.7. The van der Waals surface area contributed by atoms with Gasteiger partial charge in [-0.2, -0.15) is 0 Å². The number of piperidine rings is 1. The minimum Gasteiger partial charge on any atom is -0.454 e. The summed E-state index contributed by atoms with van der Waals surface area (Å²) < 4.78 is 7.26. The van der Waals surface area contributed by atoms with Crippen molar-refractivity contribution >= 4 is 5.91 Å². The third-order valence-electron chi connectivity index (χ3n) is 4.46. The number of furan rings is 1. The molecule has 2 aromatic heterocycles. The predicted octanol–water partition coefficient (Wildman–Crippen LogP) is 2.89. The van der Waals surface area contributed by atoms with E-state index in [4.69, 9.17) is 4.42 Å². The van der Waals surface area contributed by atoms with E-state index in [1.165, 1.54) is 12.5 Å². The topological polar surface area (TPSA) is 55.5 Å². The van der Waals surface area contributed by atoms with Crippen molar-refractivity contribution in [2.45, 2.75) is 45.2 Å². The number of rotatable bonds is 4. The Hall–Kier alpha value is -2.30. The predicted molar refractivity (Wildman–Crippen MR) is 87.5 cm³/mol. The Morgan fingerprint density at radius 1 is 1.26 bits per heavy atom. The van der Waals surface area contributed by atoms with Crippen LogP contribution in [0, 0.1) is 0 Å². The number of hydrogen-bond donors (Lipinski definition) is 0. The number of pyridine rings is 1. The monoisotopic (exact) mass is 314 g/mol. The van der Waals surface area contributed by atoms with E-state index in [9.17, 15) is 9.59 Å². The smallest absolute Gasteiger partial charge is 0.289 e. The van der Waals surface area contributed by atoms with Gasteiger partial charge in [-0.05, 0) is 43.9 Å². The summed E-state index contributed by atoms with van der Waals surface area (Å²) in [5.41, 5.74) is -0.0844. The maximum Gasteiger partial charge on any atom is 0.289 e. The largest absolute Gasteiger partial charge is 0.454 e. The maximum atomic E-state index is 12.7. The van der Waals surface area contributed by atoms with Gasteiger partial charge in [-0.1, -0.05) is 13.0 Å². The first-order valence-electron chi connectivity index (χ1n) is 8.24. The number of aromatic nitrogens is 1. The SMILES string of the molecule is CCC1CCCCN1C(=O)c1ccc(Cn2ccccc2=O)o1. The van der Waals surface area contributed by atoms with Crippen LogP contribution in [0.25, 0.3) is 0 Å². The molecule has 1 saturated heterocycles. The summed E-state index contributed by atoms with van der Waals surface area (Å²) in [4.78, 5) is 26.3. The van der Waals surface area contributed by atoms with E-state index >= 15 is 0 Å². The van der Waals surface area contributed by atoms with Gasteiger partial charge in [0.2, 0.25) is 0 Å². The molecule has 0 aliphatic carbocycles.